The van der Waals surface area contributed by atoms with Gasteiger partial charge >= 0.3 is 0 Å². The highest BCUT2D eigenvalue weighted by molar-refractivity contribution is 6.36. The van der Waals surface area contributed by atoms with Crippen LogP contribution < -0.4 is 16.8 Å². The van der Waals surface area contributed by atoms with E-state index in [4.69, 9.17) is 33.0 Å². The Kier molecular flexibility index (Phi) is 3.86. The number of rotatable bonds is 4. The summed E-state index contributed by atoms with van der Waals surface area (Å²) in [5.41, 5.74) is 14.2. The summed E-state index contributed by atoms with van der Waals surface area (Å²) >= 11 is 6.21. The van der Waals surface area contributed by atoms with E-state index < -0.39 is 0 Å². The summed E-state index contributed by atoms with van der Waals surface area (Å²) in [7, 11) is 0. The Morgan fingerprint density at radius 3 is 2.78 bits per heavy atom. The number of benzene rings is 2. The molecule has 0 atom stereocenters. The lowest BCUT2D eigenvalue weighted by molar-refractivity contribution is 0.433. The normalized spacial score (nSPS) is 10.5. The van der Waals surface area contributed by atoms with E-state index in [-0.39, 0.29) is 5.95 Å². The average molecular weight is 329 g/mol. The van der Waals surface area contributed by atoms with E-state index in [0.717, 1.165) is 6.21 Å². The van der Waals surface area contributed by atoms with Crippen molar-refractivity contribution < 1.29 is 4.52 Å². The zero-order valence-corrected chi connectivity index (χ0v) is 12.6. The molecule has 0 spiro atoms. The second-order valence-electron chi connectivity index (χ2n) is 4.75. The van der Waals surface area contributed by atoms with E-state index >= 15 is 0 Å². The van der Waals surface area contributed by atoms with Gasteiger partial charge in [0.05, 0.1) is 10.7 Å². The molecule has 116 valence electrons. The van der Waals surface area contributed by atoms with Gasteiger partial charge < -0.3 is 26.7 Å². The second kappa shape index (κ2) is 5.98. The van der Waals surface area contributed by atoms with E-state index in [1.165, 1.54) is 0 Å². The number of nitrogens with zero attached hydrogens (tertiary/aromatic N) is 2. The fourth-order valence-corrected chi connectivity index (χ4v) is 2.31. The predicted molar refractivity (Wildman–Crippen MR) is 91.2 cm³/mol. The summed E-state index contributed by atoms with van der Waals surface area (Å²) in [6.07, 6.45) is 1.09. The molecular weight excluding hydrogens is 316 g/mol. The Bertz CT molecular complexity index is 876. The number of halogens is 1. The first kappa shape index (κ1) is 14.9. The van der Waals surface area contributed by atoms with Crippen LogP contribution in [0.15, 0.2) is 40.9 Å². The van der Waals surface area contributed by atoms with Gasteiger partial charge in [-0.15, -0.1) is 0 Å². The van der Waals surface area contributed by atoms with Crippen LogP contribution in [0.25, 0.3) is 11.5 Å². The molecule has 0 radical (unpaired) electrons. The van der Waals surface area contributed by atoms with Crippen LogP contribution in [0.4, 0.5) is 23.0 Å². The molecule has 7 nitrogen and oxygen atoms in total. The predicted octanol–water partition coefficient (Wildman–Crippen LogP) is 3.30. The van der Waals surface area contributed by atoms with Gasteiger partial charge in [-0.05, 0) is 35.5 Å². The van der Waals surface area contributed by atoms with Crippen LogP contribution in [-0.4, -0.2) is 16.4 Å². The highest BCUT2D eigenvalue weighted by Crippen LogP contribution is 2.31. The van der Waals surface area contributed by atoms with E-state index in [2.05, 4.69) is 15.5 Å². The number of anilines is 4. The van der Waals surface area contributed by atoms with Crippen LogP contribution >= 0.6 is 11.6 Å². The van der Waals surface area contributed by atoms with Crippen LogP contribution in [-0.2, 0) is 0 Å². The number of nitrogens with one attached hydrogen (secondary N) is 2. The van der Waals surface area contributed by atoms with Crippen molar-refractivity contribution in [3.05, 3.63) is 47.0 Å². The van der Waals surface area contributed by atoms with Crippen molar-refractivity contribution in [2.75, 3.05) is 16.8 Å². The number of hydrogen-bond donors (Lipinski definition) is 4. The summed E-state index contributed by atoms with van der Waals surface area (Å²) < 4.78 is 5.21. The maximum Gasteiger partial charge on any atom is 0.268 e. The van der Waals surface area contributed by atoms with Crippen molar-refractivity contribution in [3.8, 4) is 11.5 Å². The van der Waals surface area contributed by atoms with E-state index in [1.807, 2.05) is 6.07 Å². The van der Waals surface area contributed by atoms with Crippen LogP contribution in [0.1, 0.15) is 5.56 Å². The van der Waals surface area contributed by atoms with Gasteiger partial charge in [-0.25, -0.2) is 0 Å². The standard InChI is InChI=1S/C15H13ClN6O/c16-13-10(7-17)11(19)4-5-12(13)20-15-21-14(23-22-15)8-2-1-3-9(18)6-8/h1-7,17H,18-19H2,(H,20,22). The lowest BCUT2D eigenvalue weighted by atomic mass is 10.1. The van der Waals surface area contributed by atoms with Crippen molar-refractivity contribution in [1.29, 1.82) is 5.41 Å². The molecule has 0 fully saturated rings. The Hall–Kier alpha value is -3.06. The molecule has 0 aliphatic heterocycles. The molecule has 0 unspecified atom stereocenters. The fraction of sp³-hybridized carbons (Fsp3) is 0. The third-order valence-electron chi connectivity index (χ3n) is 3.16. The minimum absolute atomic E-state index is 0.241. The Labute approximate surface area is 136 Å². The van der Waals surface area contributed by atoms with E-state index in [1.54, 1.807) is 30.3 Å². The molecule has 0 saturated heterocycles. The summed E-state index contributed by atoms with van der Waals surface area (Å²) in [4.78, 5) is 4.24. The molecule has 0 amide bonds. The Balaban J connectivity index is 1.89. The molecule has 23 heavy (non-hydrogen) atoms. The van der Waals surface area contributed by atoms with E-state index in [0.29, 0.717) is 39.1 Å². The zero-order valence-electron chi connectivity index (χ0n) is 11.9. The first-order valence-corrected chi connectivity index (χ1v) is 7.01. The molecule has 0 bridgehead atoms. The summed E-state index contributed by atoms with van der Waals surface area (Å²) in [6.45, 7) is 0. The van der Waals surface area contributed by atoms with Gasteiger partial charge in [-0.1, -0.05) is 17.7 Å². The lowest BCUT2D eigenvalue weighted by Gasteiger charge is -2.08. The average Bonchev–Trinajstić information content (AvgIpc) is 2.99. The molecular formula is C15H13ClN6O. The highest BCUT2D eigenvalue weighted by atomic mass is 35.5. The molecule has 1 aromatic heterocycles. The summed E-state index contributed by atoms with van der Waals surface area (Å²) in [5.74, 6) is 0.573. The van der Waals surface area contributed by atoms with Crippen LogP contribution in [0.5, 0.6) is 0 Å². The largest absolute Gasteiger partial charge is 0.399 e. The summed E-state index contributed by atoms with van der Waals surface area (Å²) in [5, 5.41) is 14.5. The van der Waals surface area contributed by atoms with Crippen molar-refractivity contribution in [1.82, 2.24) is 10.1 Å². The number of nitrogen functional groups attached to an aromatic ring is 2. The molecule has 1 heterocycles. The molecule has 3 rings (SSSR count). The van der Waals surface area contributed by atoms with Gasteiger partial charge in [0.25, 0.3) is 11.8 Å². The minimum Gasteiger partial charge on any atom is -0.399 e. The summed E-state index contributed by atoms with van der Waals surface area (Å²) in [6, 6.07) is 10.5. The molecule has 0 aliphatic carbocycles. The fourth-order valence-electron chi connectivity index (χ4n) is 2.03. The number of nitrogens with two attached hydrogens (primary N) is 2. The van der Waals surface area contributed by atoms with Gasteiger partial charge in [0.15, 0.2) is 0 Å². The van der Waals surface area contributed by atoms with Crippen molar-refractivity contribution in [2.24, 2.45) is 0 Å². The highest BCUT2D eigenvalue weighted by Gasteiger charge is 2.13. The zero-order chi connectivity index (χ0) is 16.4. The van der Waals surface area contributed by atoms with Gasteiger partial charge in [-0.3, -0.25) is 0 Å². The maximum absolute atomic E-state index is 7.36. The monoisotopic (exact) mass is 328 g/mol. The minimum atomic E-state index is 0.241. The van der Waals surface area contributed by atoms with Crippen LogP contribution in [0, 0.1) is 5.41 Å². The topological polar surface area (TPSA) is 127 Å². The number of aromatic nitrogens is 2. The van der Waals surface area contributed by atoms with Crippen molar-refractivity contribution in [2.45, 2.75) is 0 Å². The molecule has 8 heteroatoms. The van der Waals surface area contributed by atoms with Gasteiger partial charge in [0, 0.05) is 28.7 Å². The van der Waals surface area contributed by atoms with Crippen LogP contribution in [0.2, 0.25) is 5.02 Å². The third kappa shape index (κ3) is 2.95. The third-order valence-corrected chi connectivity index (χ3v) is 3.57. The van der Waals surface area contributed by atoms with Gasteiger partial charge in [-0.2, -0.15) is 4.98 Å². The molecule has 0 aliphatic rings. The first-order chi connectivity index (χ1) is 11.1. The van der Waals surface area contributed by atoms with Gasteiger partial charge in [0.2, 0.25) is 0 Å². The SMILES string of the molecule is N=Cc1c(N)ccc(Nc2noc(-c3cccc(N)c3)n2)c1Cl. The number of hydrogen-bond acceptors (Lipinski definition) is 7. The van der Waals surface area contributed by atoms with Crippen molar-refractivity contribution >= 4 is 40.8 Å². The quantitative estimate of drug-likeness (QED) is 0.430. The van der Waals surface area contributed by atoms with Crippen LogP contribution in [0.3, 0.4) is 0 Å². The lowest BCUT2D eigenvalue weighted by Crippen LogP contribution is -1.99. The molecule has 0 saturated carbocycles. The Morgan fingerprint density at radius 1 is 1.22 bits per heavy atom. The molecule has 3 aromatic rings. The maximum atomic E-state index is 7.36. The van der Waals surface area contributed by atoms with E-state index in [9.17, 15) is 0 Å². The Morgan fingerprint density at radius 2 is 2.04 bits per heavy atom. The first-order valence-electron chi connectivity index (χ1n) is 6.63. The second-order valence-corrected chi connectivity index (χ2v) is 5.13. The van der Waals surface area contributed by atoms with Gasteiger partial charge in [0.1, 0.15) is 0 Å². The molecule has 6 N–H and O–H groups in total. The molecule has 2 aromatic carbocycles. The van der Waals surface area contributed by atoms with Crippen molar-refractivity contribution in [3.63, 3.8) is 0 Å². The smallest absolute Gasteiger partial charge is 0.268 e.